The third kappa shape index (κ3) is 1.54. The zero-order valence-corrected chi connectivity index (χ0v) is 8.84. The number of hydrogen-bond acceptors (Lipinski definition) is 3. The van der Waals surface area contributed by atoms with Gasteiger partial charge in [-0.15, -0.1) is 0 Å². The molecule has 1 aromatic carbocycles. The van der Waals surface area contributed by atoms with Gasteiger partial charge < -0.3 is 0 Å². The van der Waals surface area contributed by atoms with Crippen LogP contribution in [0.5, 0.6) is 0 Å². The van der Waals surface area contributed by atoms with Crippen molar-refractivity contribution < 1.29 is 13.2 Å². The van der Waals surface area contributed by atoms with Crippen molar-refractivity contribution in [3.63, 3.8) is 0 Å². The van der Waals surface area contributed by atoms with Crippen molar-refractivity contribution in [2.75, 3.05) is 6.26 Å². The van der Waals surface area contributed by atoms with E-state index in [4.69, 9.17) is 0 Å². The summed E-state index contributed by atoms with van der Waals surface area (Å²) >= 11 is 0. The van der Waals surface area contributed by atoms with Crippen LogP contribution < -0.4 is 0 Å². The molecule has 1 aromatic rings. The number of sulfone groups is 1. The van der Waals surface area contributed by atoms with E-state index < -0.39 is 9.84 Å². The molecule has 0 aromatic heterocycles. The topological polar surface area (TPSA) is 51.2 Å². The highest BCUT2D eigenvalue weighted by Crippen LogP contribution is 2.31. The molecule has 0 amide bonds. The largest absolute Gasteiger partial charge is 0.233 e. The molecule has 76 valence electrons. The highest BCUT2D eigenvalue weighted by molar-refractivity contribution is 7.90. The van der Waals surface area contributed by atoms with E-state index in [0.29, 0.717) is 16.7 Å². The number of rotatable bonds is 1. The van der Waals surface area contributed by atoms with Crippen LogP contribution in [0, 0.1) is 0 Å². The number of hydrogen-bond donors (Lipinski definition) is 0. The van der Waals surface area contributed by atoms with E-state index in [1.165, 1.54) is 6.07 Å². The standard InChI is InChI=1S/C11H8O3S/c1-15(13,14)11-4-2-3-9-8(7-12)5-6-10(9)11/h2-6H,1H3. The zero-order valence-electron chi connectivity index (χ0n) is 8.02. The van der Waals surface area contributed by atoms with Crippen molar-refractivity contribution >= 4 is 27.4 Å². The van der Waals surface area contributed by atoms with Crippen LogP contribution in [0.15, 0.2) is 29.2 Å². The molecular weight excluding hydrogens is 212 g/mol. The SMILES string of the molecule is CS(=O)(=O)c1cccc2c1C=CC2=C=O. The monoisotopic (exact) mass is 220 g/mol. The van der Waals surface area contributed by atoms with Crippen molar-refractivity contribution in [3.8, 4) is 0 Å². The number of allylic oxidation sites excluding steroid dienone is 2. The maximum atomic E-state index is 11.4. The smallest absolute Gasteiger partial charge is 0.176 e. The predicted molar refractivity (Wildman–Crippen MR) is 57.7 cm³/mol. The maximum absolute atomic E-state index is 11.4. The average molecular weight is 220 g/mol. The fourth-order valence-electron chi connectivity index (χ4n) is 1.62. The molecule has 0 aliphatic heterocycles. The molecule has 0 spiro atoms. The lowest BCUT2D eigenvalue weighted by Crippen LogP contribution is -2.00. The van der Waals surface area contributed by atoms with Crippen LogP contribution in [0.1, 0.15) is 11.1 Å². The zero-order chi connectivity index (χ0) is 11.1. The van der Waals surface area contributed by atoms with E-state index in [1.54, 1.807) is 30.2 Å². The Balaban J connectivity index is 2.81. The quantitative estimate of drug-likeness (QED) is 0.671. The van der Waals surface area contributed by atoms with Gasteiger partial charge in [-0.25, -0.2) is 13.2 Å². The van der Waals surface area contributed by atoms with Crippen molar-refractivity contribution in [2.45, 2.75) is 4.90 Å². The van der Waals surface area contributed by atoms with E-state index in [0.717, 1.165) is 6.26 Å². The van der Waals surface area contributed by atoms with Gasteiger partial charge >= 0.3 is 0 Å². The van der Waals surface area contributed by atoms with Crippen LogP contribution >= 0.6 is 0 Å². The summed E-state index contributed by atoms with van der Waals surface area (Å²) < 4.78 is 22.9. The van der Waals surface area contributed by atoms with Gasteiger partial charge in [0, 0.05) is 17.4 Å². The fourth-order valence-corrected chi connectivity index (χ4v) is 2.52. The van der Waals surface area contributed by atoms with Gasteiger partial charge in [0.15, 0.2) is 9.84 Å². The van der Waals surface area contributed by atoms with Gasteiger partial charge in [-0.05, 0) is 12.1 Å². The summed E-state index contributed by atoms with van der Waals surface area (Å²) in [5.74, 6) is 1.78. The van der Waals surface area contributed by atoms with Gasteiger partial charge in [-0.1, -0.05) is 18.2 Å². The molecule has 3 nitrogen and oxygen atoms in total. The summed E-state index contributed by atoms with van der Waals surface area (Å²) in [6, 6.07) is 4.87. The number of carbonyl (C=O) groups excluding carboxylic acids is 1. The molecule has 0 saturated carbocycles. The van der Waals surface area contributed by atoms with Gasteiger partial charge in [-0.3, -0.25) is 0 Å². The first-order valence-electron chi connectivity index (χ1n) is 4.30. The Bertz CT molecular complexity index is 603. The van der Waals surface area contributed by atoms with Gasteiger partial charge in [0.05, 0.1) is 10.5 Å². The molecular formula is C11H8O3S. The highest BCUT2D eigenvalue weighted by atomic mass is 32.2. The molecule has 15 heavy (non-hydrogen) atoms. The predicted octanol–water partition coefficient (Wildman–Crippen LogP) is 1.33. The van der Waals surface area contributed by atoms with Gasteiger partial charge in [-0.2, -0.15) is 0 Å². The Morgan fingerprint density at radius 2 is 1.93 bits per heavy atom. The highest BCUT2D eigenvalue weighted by Gasteiger charge is 2.19. The number of benzene rings is 1. The molecule has 0 fully saturated rings. The van der Waals surface area contributed by atoms with Crippen LogP contribution in [-0.4, -0.2) is 20.6 Å². The minimum atomic E-state index is -3.25. The summed E-state index contributed by atoms with van der Waals surface area (Å²) in [7, 11) is -3.25. The Labute approximate surface area is 87.7 Å². The molecule has 0 unspecified atom stereocenters. The summed E-state index contributed by atoms with van der Waals surface area (Å²) in [5, 5.41) is 0. The molecule has 4 heteroatoms. The van der Waals surface area contributed by atoms with Crippen LogP contribution in [0.2, 0.25) is 0 Å². The molecule has 0 heterocycles. The first-order chi connectivity index (χ1) is 7.04. The fraction of sp³-hybridized carbons (Fsp3) is 0.0909. The maximum Gasteiger partial charge on any atom is 0.176 e. The minimum absolute atomic E-state index is 0.251. The lowest BCUT2D eigenvalue weighted by molar-refractivity contribution is 0.569. The Morgan fingerprint density at radius 3 is 2.53 bits per heavy atom. The molecule has 0 saturated heterocycles. The Kier molecular flexibility index (Phi) is 2.11. The molecule has 2 rings (SSSR count). The lowest BCUT2D eigenvalue weighted by Gasteiger charge is -2.04. The Hall–Kier alpha value is -1.64. The minimum Gasteiger partial charge on any atom is -0.233 e. The summed E-state index contributed by atoms with van der Waals surface area (Å²) in [5.41, 5.74) is 1.61. The molecule has 0 atom stereocenters. The van der Waals surface area contributed by atoms with E-state index in [-0.39, 0.29) is 4.90 Å². The third-order valence-electron chi connectivity index (χ3n) is 2.28. The molecule has 1 aliphatic rings. The normalized spacial score (nSPS) is 13.8. The van der Waals surface area contributed by atoms with Crippen molar-refractivity contribution in [1.82, 2.24) is 0 Å². The van der Waals surface area contributed by atoms with Gasteiger partial charge in [0.25, 0.3) is 0 Å². The summed E-state index contributed by atoms with van der Waals surface area (Å²) in [6.45, 7) is 0. The molecule has 0 N–H and O–H groups in total. The van der Waals surface area contributed by atoms with Crippen LogP contribution in [-0.2, 0) is 14.6 Å². The van der Waals surface area contributed by atoms with Crippen LogP contribution in [0.3, 0.4) is 0 Å². The van der Waals surface area contributed by atoms with E-state index in [9.17, 15) is 13.2 Å². The number of fused-ring (bicyclic) bond motifs is 1. The second-order valence-electron chi connectivity index (χ2n) is 3.34. The third-order valence-corrected chi connectivity index (χ3v) is 3.44. The first kappa shape index (κ1) is 9.90. The average Bonchev–Trinajstić information content (AvgIpc) is 2.58. The van der Waals surface area contributed by atoms with Gasteiger partial charge in [0.2, 0.25) is 0 Å². The molecule has 0 radical (unpaired) electrons. The second kappa shape index (κ2) is 3.19. The van der Waals surface area contributed by atoms with Crippen molar-refractivity contribution in [2.24, 2.45) is 0 Å². The Morgan fingerprint density at radius 1 is 1.20 bits per heavy atom. The molecule has 1 aliphatic carbocycles. The van der Waals surface area contributed by atoms with E-state index >= 15 is 0 Å². The summed E-state index contributed by atoms with van der Waals surface area (Å²) in [4.78, 5) is 10.8. The van der Waals surface area contributed by atoms with Crippen molar-refractivity contribution in [3.05, 3.63) is 35.4 Å². The molecule has 0 bridgehead atoms. The first-order valence-corrected chi connectivity index (χ1v) is 6.20. The summed E-state index contributed by atoms with van der Waals surface area (Å²) in [6.07, 6.45) is 4.36. The van der Waals surface area contributed by atoms with E-state index in [1.807, 2.05) is 0 Å². The van der Waals surface area contributed by atoms with Crippen LogP contribution in [0.4, 0.5) is 0 Å². The van der Waals surface area contributed by atoms with Gasteiger partial charge in [0.1, 0.15) is 5.94 Å². The van der Waals surface area contributed by atoms with Crippen LogP contribution in [0.25, 0.3) is 11.6 Å². The van der Waals surface area contributed by atoms with Crippen molar-refractivity contribution in [1.29, 1.82) is 0 Å². The van der Waals surface area contributed by atoms with E-state index in [2.05, 4.69) is 0 Å². The lowest BCUT2D eigenvalue weighted by atomic mass is 10.1. The second-order valence-corrected chi connectivity index (χ2v) is 5.32.